The van der Waals surface area contributed by atoms with Crippen LogP contribution in [-0.2, 0) is 11.2 Å². The maximum atomic E-state index is 11.2. The van der Waals surface area contributed by atoms with Crippen molar-refractivity contribution in [3.05, 3.63) is 47.5 Å². The predicted octanol–water partition coefficient (Wildman–Crippen LogP) is 2.62. The zero-order valence-electron chi connectivity index (χ0n) is 10.0. The van der Waals surface area contributed by atoms with Gasteiger partial charge in [0, 0.05) is 12.1 Å². The normalized spacial score (nSPS) is 9.88. The van der Waals surface area contributed by atoms with Crippen LogP contribution in [0, 0.1) is 6.92 Å². The molecule has 0 heterocycles. The highest BCUT2D eigenvalue weighted by Crippen LogP contribution is 2.05. The Hall–Kier alpha value is -1.57. The van der Waals surface area contributed by atoms with Crippen molar-refractivity contribution >= 4 is 5.91 Å². The van der Waals surface area contributed by atoms with Crippen molar-refractivity contribution < 1.29 is 4.79 Å². The largest absolute Gasteiger partial charge is 0.352 e. The molecule has 0 aromatic heterocycles. The number of hydrogen-bond acceptors (Lipinski definition) is 1. The summed E-state index contributed by atoms with van der Waals surface area (Å²) in [6, 6.07) is 8.46. The van der Waals surface area contributed by atoms with Crippen LogP contribution >= 0.6 is 0 Å². The summed E-state index contributed by atoms with van der Waals surface area (Å²) in [7, 11) is 0. The fraction of sp³-hybridized carbons (Fsp3) is 0.357. The van der Waals surface area contributed by atoms with Crippen molar-refractivity contribution in [3.8, 4) is 0 Å². The van der Waals surface area contributed by atoms with Gasteiger partial charge in [0.1, 0.15) is 0 Å². The van der Waals surface area contributed by atoms with E-state index < -0.39 is 0 Å². The standard InChI is InChI=1S/C14H19NO/c1-11(2)14(16)15-9-5-8-13-7-4-6-12(3)10-13/h4,6-7,10H,1,5,8-9H2,2-3H3,(H,15,16). The SMILES string of the molecule is C=C(C)C(=O)NCCCc1cccc(C)c1. The van der Waals surface area contributed by atoms with Crippen LogP contribution in [0.4, 0.5) is 0 Å². The summed E-state index contributed by atoms with van der Waals surface area (Å²) in [5, 5.41) is 2.83. The van der Waals surface area contributed by atoms with Crippen LogP contribution in [0.5, 0.6) is 0 Å². The van der Waals surface area contributed by atoms with Crippen LogP contribution in [0.3, 0.4) is 0 Å². The molecule has 0 aliphatic rings. The second-order valence-corrected chi connectivity index (χ2v) is 4.13. The third-order valence-corrected chi connectivity index (χ3v) is 2.40. The van der Waals surface area contributed by atoms with Gasteiger partial charge in [-0.1, -0.05) is 36.4 Å². The number of rotatable bonds is 5. The van der Waals surface area contributed by atoms with Crippen LogP contribution in [0.25, 0.3) is 0 Å². The molecule has 86 valence electrons. The van der Waals surface area contributed by atoms with Gasteiger partial charge in [-0.15, -0.1) is 0 Å². The summed E-state index contributed by atoms with van der Waals surface area (Å²) in [5.74, 6) is -0.0516. The monoisotopic (exact) mass is 217 g/mol. The summed E-state index contributed by atoms with van der Waals surface area (Å²) in [6.07, 6.45) is 1.96. The van der Waals surface area contributed by atoms with Gasteiger partial charge in [0.15, 0.2) is 0 Å². The first-order valence-electron chi connectivity index (χ1n) is 5.59. The molecule has 2 nitrogen and oxygen atoms in total. The van der Waals surface area contributed by atoms with E-state index in [9.17, 15) is 4.79 Å². The van der Waals surface area contributed by atoms with Gasteiger partial charge >= 0.3 is 0 Å². The van der Waals surface area contributed by atoms with Crippen molar-refractivity contribution in [1.82, 2.24) is 5.32 Å². The van der Waals surface area contributed by atoms with E-state index in [4.69, 9.17) is 0 Å². The second-order valence-electron chi connectivity index (χ2n) is 4.13. The fourth-order valence-corrected chi connectivity index (χ4v) is 1.51. The molecule has 0 bridgehead atoms. The molecular formula is C14H19NO. The highest BCUT2D eigenvalue weighted by molar-refractivity contribution is 5.91. The summed E-state index contributed by atoms with van der Waals surface area (Å²) in [5.41, 5.74) is 3.17. The minimum atomic E-state index is -0.0516. The van der Waals surface area contributed by atoms with E-state index in [1.807, 2.05) is 0 Å². The Kier molecular flexibility index (Phi) is 4.77. The highest BCUT2D eigenvalue weighted by atomic mass is 16.1. The van der Waals surface area contributed by atoms with Crippen LogP contribution in [0.1, 0.15) is 24.5 Å². The van der Waals surface area contributed by atoms with E-state index in [1.165, 1.54) is 11.1 Å². The minimum Gasteiger partial charge on any atom is -0.352 e. The van der Waals surface area contributed by atoms with Crippen molar-refractivity contribution in [2.24, 2.45) is 0 Å². The Morgan fingerprint density at radius 1 is 1.44 bits per heavy atom. The maximum absolute atomic E-state index is 11.2. The number of carbonyl (C=O) groups is 1. The average molecular weight is 217 g/mol. The molecule has 0 saturated heterocycles. The third-order valence-electron chi connectivity index (χ3n) is 2.40. The number of benzene rings is 1. The summed E-state index contributed by atoms with van der Waals surface area (Å²) >= 11 is 0. The van der Waals surface area contributed by atoms with Gasteiger partial charge in [0.05, 0.1) is 0 Å². The number of nitrogens with one attached hydrogen (secondary N) is 1. The summed E-state index contributed by atoms with van der Waals surface area (Å²) < 4.78 is 0. The lowest BCUT2D eigenvalue weighted by molar-refractivity contribution is -0.117. The Morgan fingerprint density at radius 3 is 2.81 bits per heavy atom. The smallest absolute Gasteiger partial charge is 0.246 e. The number of carbonyl (C=O) groups excluding carboxylic acids is 1. The van der Waals surface area contributed by atoms with Gasteiger partial charge < -0.3 is 5.32 Å². The molecule has 0 unspecified atom stereocenters. The maximum Gasteiger partial charge on any atom is 0.246 e. The molecule has 16 heavy (non-hydrogen) atoms. The first-order valence-corrected chi connectivity index (χ1v) is 5.59. The Balaban J connectivity index is 2.26. The zero-order chi connectivity index (χ0) is 12.0. The van der Waals surface area contributed by atoms with E-state index in [0.717, 1.165) is 12.8 Å². The molecular weight excluding hydrogens is 198 g/mol. The van der Waals surface area contributed by atoms with Gasteiger partial charge in [-0.2, -0.15) is 0 Å². The first kappa shape index (κ1) is 12.5. The van der Waals surface area contributed by atoms with Gasteiger partial charge in [-0.25, -0.2) is 0 Å². The minimum absolute atomic E-state index is 0.0516. The van der Waals surface area contributed by atoms with Crippen LogP contribution in [0.15, 0.2) is 36.4 Å². The van der Waals surface area contributed by atoms with Crippen molar-refractivity contribution in [3.63, 3.8) is 0 Å². The molecule has 2 heteroatoms. The first-order chi connectivity index (χ1) is 7.59. The Bertz CT molecular complexity index is 382. The topological polar surface area (TPSA) is 29.1 Å². The second kappa shape index (κ2) is 6.11. The number of amides is 1. The lowest BCUT2D eigenvalue weighted by Crippen LogP contribution is -2.24. The molecule has 0 fully saturated rings. The van der Waals surface area contributed by atoms with Crippen LogP contribution in [0.2, 0.25) is 0 Å². The molecule has 1 aromatic carbocycles. The van der Waals surface area contributed by atoms with E-state index in [-0.39, 0.29) is 5.91 Å². The number of hydrogen-bond donors (Lipinski definition) is 1. The quantitative estimate of drug-likeness (QED) is 0.596. The molecule has 0 aliphatic carbocycles. The molecule has 0 radical (unpaired) electrons. The van der Waals surface area contributed by atoms with Crippen molar-refractivity contribution in [1.29, 1.82) is 0 Å². The molecule has 1 rings (SSSR count). The van der Waals surface area contributed by atoms with Gasteiger partial charge in [0.2, 0.25) is 5.91 Å². The Morgan fingerprint density at radius 2 is 2.19 bits per heavy atom. The van der Waals surface area contributed by atoms with Crippen LogP contribution < -0.4 is 5.32 Å². The van der Waals surface area contributed by atoms with Crippen molar-refractivity contribution in [2.75, 3.05) is 6.54 Å². The fourth-order valence-electron chi connectivity index (χ4n) is 1.51. The van der Waals surface area contributed by atoms with E-state index in [2.05, 4.69) is 43.1 Å². The predicted molar refractivity (Wildman–Crippen MR) is 67.3 cm³/mol. The van der Waals surface area contributed by atoms with Crippen LogP contribution in [-0.4, -0.2) is 12.5 Å². The molecule has 1 aromatic rings. The molecule has 0 aliphatic heterocycles. The molecule has 1 N–H and O–H groups in total. The van der Waals surface area contributed by atoms with Crippen molar-refractivity contribution in [2.45, 2.75) is 26.7 Å². The molecule has 0 spiro atoms. The van der Waals surface area contributed by atoms with E-state index >= 15 is 0 Å². The summed E-state index contributed by atoms with van der Waals surface area (Å²) in [4.78, 5) is 11.2. The summed E-state index contributed by atoms with van der Waals surface area (Å²) in [6.45, 7) is 8.11. The molecule has 1 amide bonds. The lowest BCUT2D eigenvalue weighted by atomic mass is 10.1. The number of aryl methyl sites for hydroxylation is 2. The third kappa shape index (κ3) is 4.30. The molecule has 0 saturated carbocycles. The highest BCUT2D eigenvalue weighted by Gasteiger charge is 1.99. The van der Waals surface area contributed by atoms with Gasteiger partial charge in [0.25, 0.3) is 0 Å². The van der Waals surface area contributed by atoms with Gasteiger partial charge in [-0.3, -0.25) is 4.79 Å². The lowest BCUT2D eigenvalue weighted by Gasteiger charge is -2.05. The van der Waals surface area contributed by atoms with E-state index in [1.54, 1.807) is 6.92 Å². The van der Waals surface area contributed by atoms with Gasteiger partial charge in [-0.05, 0) is 32.3 Å². The zero-order valence-corrected chi connectivity index (χ0v) is 10.0. The average Bonchev–Trinajstić information content (AvgIpc) is 2.24. The Labute approximate surface area is 97.4 Å². The van der Waals surface area contributed by atoms with E-state index in [0.29, 0.717) is 12.1 Å². The molecule has 0 atom stereocenters.